The standard InChI is InChI=1S/C11H18N4O2S/c1-2-15-3-4-17-8(6-15)7-18-11-13-9(12)5-10(16)14-11/h5,8H,2-4,6-7H2,1H3,(H3,12,13,14,16). The summed E-state index contributed by atoms with van der Waals surface area (Å²) in [4.78, 5) is 20.3. The molecule has 0 radical (unpaired) electrons. The van der Waals surface area contributed by atoms with Crippen LogP contribution in [0.1, 0.15) is 6.92 Å². The van der Waals surface area contributed by atoms with Crippen molar-refractivity contribution in [3.05, 3.63) is 16.4 Å². The predicted octanol–water partition coefficient (Wildman–Crippen LogP) is 0.165. The number of likely N-dealkylation sites (N-methyl/N-ethyl adjacent to an activating group) is 1. The van der Waals surface area contributed by atoms with Gasteiger partial charge in [-0.3, -0.25) is 9.69 Å². The second-order valence-electron chi connectivity index (χ2n) is 4.17. The molecule has 1 saturated heterocycles. The van der Waals surface area contributed by atoms with Crippen LogP contribution in [0.25, 0.3) is 0 Å². The minimum atomic E-state index is -0.218. The number of nitrogens with one attached hydrogen (secondary N) is 1. The summed E-state index contributed by atoms with van der Waals surface area (Å²) >= 11 is 1.47. The zero-order valence-electron chi connectivity index (χ0n) is 10.4. The van der Waals surface area contributed by atoms with Gasteiger partial charge >= 0.3 is 0 Å². The van der Waals surface area contributed by atoms with E-state index in [0.29, 0.717) is 5.16 Å². The largest absolute Gasteiger partial charge is 0.383 e. The van der Waals surface area contributed by atoms with E-state index in [1.54, 1.807) is 0 Å². The Hall–Kier alpha value is -1.05. The number of thioether (sulfide) groups is 1. The molecule has 2 heterocycles. The van der Waals surface area contributed by atoms with Gasteiger partial charge in [-0.05, 0) is 6.54 Å². The molecule has 0 saturated carbocycles. The lowest BCUT2D eigenvalue weighted by Gasteiger charge is -2.31. The molecule has 1 atom stereocenters. The lowest BCUT2D eigenvalue weighted by Crippen LogP contribution is -2.43. The maximum Gasteiger partial charge on any atom is 0.253 e. The van der Waals surface area contributed by atoms with Gasteiger partial charge in [0.25, 0.3) is 5.56 Å². The van der Waals surface area contributed by atoms with Crippen molar-refractivity contribution < 1.29 is 4.74 Å². The molecule has 2 rings (SSSR count). The van der Waals surface area contributed by atoms with Crippen LogP contribution in [-0.4, -0.2) is 53.0 Å². The Morgan fingerprint density at radius 1 is 1.72 bits per heavy atom. The van der Waals surface area contributed by atoms with Gasteiger partial charge in [-0.25, -0.2) is 4.98 Å². The van der Waals surface area contributed by atoms with E-state index in [1.807, 2.05) is 0 Å². The highest BCUT2D eigenvalue weighted by Crippen LogP contribution is 2.17. The highest BCUT2D eigenvalue weighted by Gasteiger charge is 2.19. The smallest absolute Gasteiger partial charge is 0.253 e. The van der Waals surface area contributed by atoms with Crippen LogP contribution in [-0.2, 0) is 4.74 Å². The highest BCUT2D eigenvalue weighted by atomic mass is 32.2. The number of ether oxygens (including phenoxy) is 1. The van der Waals surface area contributed by atoms with E-state index >= 15 is 0 Å². The monoisotopic (exact) mass is 270 g/mol. The third-order valence-electron chi connectivity index (χ3n) is 2.82. The van der Waals surface area contributed by atoms with Crippen LogP contribution in [0.5, 0.6) is 0 Å². The number of morpholine rings is 1. The maximum atomic E-state index is 11.2. The van der Waals surface area contributed by atoms with E-state index in [0.717, 1.165) is 32.0 Å². The average molecular weight is 270 g/mol. The van der Waals surface area contributed by atoms with Crippen molar-refractivity contribution in [2.75, 3.05) is 37.7 Å². The minimum absolute atomic E-state index is 0.176. The highest BCUT2D eigenvalue weighted by molar-refractivity contribution is 7.99. The van der Waals surface area contributed by atoms with Crippen LogP contribution in [0.3, 0.4) is 0 Å². The number of nitrogens with two attached hydrogens (primary N) is 1. The lowest BCUT2D eigenvalue weighted by molar-refractivity contribution is -0.0137. The summed E-state index contributed by atoms with van der Waals surface area (Å²) < 4.78 is 5.68. The normalized spacial score (nSPS) is 21.1. The quantitative estimate of drug-likeness (QED) is 0.599. The summed E-state index contributed by atoms with van der Waals surface area (Å²) in [5.41, 5.74) is 5.31. The number of anilines is 1. The topological polar surface area (TPSA) is 84.2 Å². The first-order chi connectivity index (χ1) is 8.67. The number of rotatable bonds is 4. The lowest BCUT2D eigenvalue weighted by atomic mass is 10.3. The Morgan fingerprint density at radius 3 is 3.28 bits per heavy atom. The van der Waals surface area contributed by atoms with Crippen molar-refractivity contribution in [3.63, 3.8) is 0 Å². The van der Waals surface area contributed by atoms with E-state index in [2.05, 4.69) is 21.8 Å². The molecular weight excluding hydrogens is 252 g/mol. The number of aromatic amines is 1. The van der Waals surface area contributed by atoms with Crippen molar-refractivity contribution in [2.24, 2.45) is 0 Å². The Kier molecular flexibility index (Phi) is 4.62. The first-order valence-corrected chi connectivity index (χ1v) is 6.99. The van der Waals surface area contributed by atoms with Crippen LogP contribution in [0.15, 0.2) is 16.0 Å². The van der Waals surface area contributed by atoms with Gasteiger partial charge in [-0.2, -0.15) is 0 Å². The van der Waals surface area contributed by atoms with E-state index in [1.165, 1.54) is 17.8 Å². The molecule has 1 aromatic heterocycles. The van der Waals surface area contributed by atoms with Gasteiger partial charge in [-0.1, -0.05) is 18.7 Å². The molecular formula is C11H18N4O2S. The molecule has 0 spiro atoms. The summed E-state index contributed by atoms with van der Waals surface area (Å²) in [6.07, 6.45) is 0.176. The van der Waals surface area contributed by atoms with Gasteiger partial charge in [0.2, 0.25) is 0 Å². The molecule has 0 bridgehead atoms. The van der Waals surface area contributed by atoms with Gasteiger partial charge < -0.3 is 15.5 Å². The van der Waals surface area contributed by atoms with Crippen LogP contribution in [0.2, 0.25) is 0 Å². The van der Waals surface area contributed by atoms with E-state index in [4.69, 9.17) is 10.5 Å². The molecule has 0 aromatic carbocycles. The Labute approximate surface area is 110 Å². The first kappa shape index (κ1) is 13.4. The molecule has 100 valence electrons. The maximum absolute atomic E-state index is 11.2. The van der Waals surface area contributed by atoms with Gasteiger partial charge in [0, 0.05) is 24.9 Å². The summed E-state index contributed by atoms with van der Waals surface area (Å²) in [7, 11) is 0. The SMILES string of the molecule is CCN1CCOC(CSc2nc(N)cc(=O)[nH]2)C1. The molecule has 1 unspecified atom stereocenters. The number of nitrogen functional groups attached to an aromatic ring is 1. The van der Waals surface area contributed by atoms with Gasteiger partial charge in [0.1, 0.15) is 5.82 Å². The zero-order valence-corrected chi connectivity index (χ0v) is 11.2. The van der Waals surface area contributed by atoms with Crippen LogP contribution in [0.4, 0.5) is 5.82 Å². The number of aromatic nitrogens is 2. The van der Waals surface area contributed by atoms with Gasteiger partial charge in [0.05, 0.1) is 12.7 Å². The second-order valence-corrected chi connectivity index (χ2v) is 5.18. The fourth-order valence-corrected chi connectivity index (χ4v) is 2.75. The number of hydrogen-bond acceptors (Lipinski definition) is 6. The first-order valence-electron chi connectivity index (χ1n) is 6.01. The van der Waals surface area contributed by atoms with Crippen molar-refractivity contribution >= 4 is 17.6 Å². The summed E-state index contributed by atoms with van der Waals surface area (Å²) in [5, 5.41) is 0.553. The zero-order chi connectivity index (χ0) is 13.0. The molecule has 18 heavy (non-hydrogen) atoms. The van der Waals surface area contributed by atoms with E-state index in [-0.39, 0.29) is 17.5 Å². The molecule has 1 fully saturated rings. The molecule has 6 nitrogen and oxygen atoms in total. The number of hydrogen-bond donors (Lipinski definition) is 2. The second kappa shape index (κ2) is 6.21. The fourth-order valence-electron chi connectivity index (χ4n) is 1.86. The Balaban J connectivity index is 1.89. The van der Waals surface area contributed by atoms with Crippen LogP contribution >= 0.6 is 11.8 Å². The average Bonchev–Trinajstić information content (AvgIpc) is 2.35. The minimum Gasteiger partial charge on any atom is -0.383 e. The van der Waals surface area contributed by atoms with Crippen molar-refractivity contribution in [1.29, 1.82) is 0 Å². The summed E-state index contributed by atoms with van der Waals surface area (Å²) in [6, 6.07) is 1.28. The Morgan fingerprint density at radius 2 is 2.56 bits per heavy atom. The number of nitrogens with zero attached hydrogens (tertiary/aromatic N) is 2. The van der Waals surface area contributed by atoms with Crippen LogP contribution in [0, 0.1) is 0 Å². The van der Waals surface area contributed by atoms with Crippen molar-refractivity contribution in [3.8, 4) is 0 Å². The molecule has 7 heteroatoms. The van der Waals surface area contributed by atoms with E-state index < -0.39 is 0 Å². The molecule has 0 aliphatic carbocycles. The molecule has 1 aliphatic heterocycles. The summed E-state index contributed by atoms with van der Waals surface area (Å²) in [5.74, 6) is 1.02. The summed E-state index contributed by atoms with van der Waals surface area (Å²) in [6.45, 7) is 5.87. The molecule has 3 N–H and O–H groups in total. The third kappa shape index (κ3) is 3.72. The third-order valence-corrected chi connectivity index (χ3v) is 3.82. The fraction of sp³-hybridized carbons (Fsp3) is 0.636. The van der Waals surface area contributed by atoms with Crippen LogP contribution < -0.4 is 11.3 Å². The Bertz CT molecular complexity index is 451. The van der Waals surface area contributed by atoms with E-state index in [9.17, 15) is 4.79 Å². The predicted molar refractivity (Wildman–Crippen MR) is 71.8 cm³/mol. The molecule has 0 amide bonds. The van der Waals surface area contributed by atoms with Gasteiger partial charge in [0.15, 0.2) is 5.16 Å². The van der Waals surface area contributed by atoms with Gasteiger partial charge in [-0.15, -0.1) is 0 Å². The van der Waals surface area contributed by atoms with Crippen molar-refractivity contribution in [1.82, 2.24) is 14.9 Å². The molecule has 1 aliphatic rings. The molecule has 1 aromatic rings. The number of H-pyrrole nitrogens is 1. The van der Waals surface area contributed by atoms with Crippen molar-refractivity contribution in [2.45, 2.75) is 18.2 Å².